The molecule has 102 valence electrons. The number of nitrogens with one attached hydrogen (secondary N) is 1. The van der Waals surface area contributed by atoms with E-state index in [9.17, 15) is 14.0 Å². The highest BCUT2D eigenvalue weighted by molar-refractivity contribution is 7.69. The molecule has 0 bridgehead atoms. The Morgan fingerprint density at radius 2 is 1.59 bits per heavy atom. The highest BCUT2D eigenvalue weighted by atomic mass is 31.2. The Kier molecular flexibility index (Phi) is 5.80. The van der Waals surface area contributed by atoms with Gasteiger partial charge in [-0.15, -0.1) is 0 Å². The van der Waals surface area contributed by atoms with E-state index < -0.39 is 21.1 Å². The Morgan fingerprint density at radius 3 is 2.06 bits per heavy atom. The standard InChI is InChI=1S/C8H19NO6P2/c10-16(11,12)7-17(13,14)15-9-8-5-3-1-2-4-6-8/h8-9H,1-7H2,(H,13,14)(H2,10,11,12). The molecule has 0 aromatic carbocycles. The summed E-state index contributed by atoms with van der Waals surface area (Å²) in [5.41, 5.74) is 2.47. The third-order valence-corrected chi connectivity index (χ3v) is 5.87. The van der Waals surface area contributed by atoms with Gasteiger partial charge in [0.25, 0.3) is 0 Å². The highest BCUT2D eigenvalue weighted by Crippen LogP contribution is 2.54. The van der Waals surface area contributed by atoms with Crippen molar-refractivity contribution in [1.82, 2.24) is 5.48 Å². The maximum Gasteiger partial charge on any atom is 0.356 e. The van der Waals surface area contributed by atoms with E-state index in [-0.39, 0.29) is 6.04 Å². The monoisotopic (exact) mass is 287 g/mol. The average molecular weight is 287 g/mol. The van der Waals surface area contributed by atoms with Gasteiger partial charge in [0.2, 0.25) is 0 Å². The van der Waals surface area contributed by atoms with Crippen LogP contribution < -0.4 is 5.48 Å². The van der Waals surface area contributed by atoms with Gasteiger partial charge >= 0.3 is 15.2 Å². The van der Waals surface area contributed by atoms with E-state index in [0.29, 0.717) is 0 Å². The van der Waals surface area contributed by atoms with Crippen LogP contribution in [0.15, 0.2) is 0 Å². The van der Waals surface area contributed by atoms with Crippen LogP contribution in [-0.2, 0) is 13.8 Å². The van der Waals surface area contributed by atoms with Crippen molar-refractivity contribution in [2.45, 2.75) is 44.6 Å². The van der Waals surface area contributed by atoms with Crippen LogP contribution in [0.3, 0.4) is 0 Å². The van der Waals surface area contributed by atoms with Gasteiger partial charge in [0, 0.05) is 6.04 Å². The molecule has 0 radical (unpaired) electrons. The molecule has 1 atom stereocenters. The van der Waals surface area contributed by atoms with Crippen LogP contribution in [0.5, 0.6) is 0 Å². The normalized spacial score (nSPS) is 23.0. The molecule has 0 spiro atoms. The summed E-state index contributed by atoms with van der Waals surface area (Å²) in [5.74, 6) is -1.15. The molecular formula is C8H19NO6P2. The summed E-state index contributed by atoms with van der Waals surface area (Å²) in [6.07, 6.45) is 6.01. The fraction of sp³-hybridized carbons (Fsp3) is 1.00. The molecule has 1 fully saturated rings. The molecule has 1 saturated carbocycles. The van der Waals surface area contributed by atoms with Crippen LogP contribution in [0.1, 0.15) is 38.5 Å². The Hall–Kier alpha value is 0.260. The first-order valence-electron chi connectivity index (χ1n) is 5.59. The third kappa shape index (κ3) is 7.32. The van der Waals surface area contributed by atoms with Gasteiger partial charge in [-0.05, 0) is 12.8 Å². The van der Waals surface area contributed by atoms with E-state index in [2.05, 4.69) is 10.1 Å². The molecule has 0 amide bonds. The van der Waals surface area contributed by atoms with Gasteiger partial charge in [-0.25, -0.2) is 4.62 Å². The molecule has 1 aliphatic carbocycles. The summed E-state index contributed by atoms with van der Waals surface area (Å²) in [4.78, 5) is 26.4. The van der Waals surface area contributed by atoms with E-state index in [1.54, 1.807) is 0 Å². The fourth-order valence-electron chi connectivity index (χ4n) is 1.82. The van der Waals surface area contributed by atoms with Gasteiger partial charge in [0.15, 0.2) is 5.90 Å². The lowest BCUT2D eigenvalue weighted by Gasteiger charge is -2.18. The van der Waals surface area contributed by atoms with Crippen LogP contribution in [0.4, 0.5) is 0 Å². The van der Waals surface area contributed by atoms with E-state index in [4.69, 9.17) is 9.79 Å². The minimum Gasteiger partial charge on any atom is -0.324 e. The Morgan fingerprint density at radius 1 is 1.06 bits per heavy atom. The number of rotatable bonds is 5. The lowest BCUT2D eigenvalue weighted by Crippen LogP contribution is -2.28. The topological polar surface area (TPSA) is 116 Å². The summed E-state index contributed by atoms with van der Waals surface area (Å²) < 4.78 is 26.5. The zero-order chi connectivity index (χ0) is 12.9. The first-order chi connectivity index (χ1) is 7.79. The first-order valence-corrected chi connectivity index (χ1v) is 9.15. The lowest BCUT2D eigenvalue weighted by molar-refractivity contribution is 0.126. The van der Waals surface area contributed by atoms with Gasteiger partial charge in [-0.2, -0.15) is 5.48 Å². The van der Waals surface area contributed by atoms with Crippen LogP contribution in [-0.4, -0.2) is 26.6 Å². The fourth-order valence-corrected chi connectivity index (χ4v) is 4.22. The molecule has 1 unspecified atom stereocenters. The van der Waals surface area contributed by atoms with E-state index in [1.807, 2.05) is 0 Å². The van der Waals surface area contributed by atoms with Gasteiger partial charge in [-0.3, -0.25) is 9.13 Å². The minimum absolute atomic E-state index is 0.0188. The molecule has 0 aromatic heterocycles. The zero-order valence-electron chi connectivity index (χ0n) is 9.49. The summed E-state index contributed by atoms with van der Waals surface area (Å²) >= 11 is 0. The smallest absolute Gasteiger partial charge is 0.324 e. The van der Waals surface area contributed by atoms with Crippen molar-refractivity contribution in [3.8, 4) is 0 Å². The zero-order valence-corrected chi connectivity index (χ0v) is 11.3. The van der Waals surface area contributed by atoms with Crippen LogP contribution in [0.2, 0.25) is 0 Å². The lowest BCUT2D eigenvalue weighted by atomic mass is 10.1. The molecule has 1 rings (SSSR count). The van der Waals surface area contributed by atoms with Crippen molar-refractivity contribution >= 4 is 15.2 Å². The van der Waals surface area contributed by atoms with Gasteiger partial charge in [0.05, 0.1) is 0 Å². The second-order valence-electron chi connectivity index (χ2n) is 4.34. The van der Waals surface area contributed by atoms with Crippen molar-refractivity contribution in [1.29, 1.82) is 0 Å². The molecule has 4 N–H and O–H groups in total. The maximum absolute atomic E-state index is 11.3. The van der Waals surface area contributed by atoms with Crippen molar-refractivity contribution < 1.29 is 28.4 Å². The summed E-state index contributed by atoms with van der Waals surface area (Å²) in [6.45, 7) is 0. The Labute approximate surface area is 100 Å². The molecule has 17 heavy (non-hydrogen) atoms. The number of hydrogen-bond donors (Lipinski definition) is 4. The van der Waals surface area contributed by atoms with Crippen LogP contribution >= 0.6 is 15.2 Å². The first kappa shape index (κ1) is 15.3. The van der Waals surface area contributed by atoms with Gasteiger partial charge in [-0.1, -0.05) is 25.7 Å². The third-order valence-electron chi connectivity index (χ3n) is 2.58. The average Bonchev–Trinajstić information content (AvgIpc) is 2.38. The molecule has 0 saturated heterocycles. The summed E-state index contributed by atoms with van der Waals surface area (Å²) in [7, 11) is -8.81. The highest BCUT2D eigenvalue weighted by Gasteiger charge is 2.32. The second-order valence-corrected chi connectivity index (χ2v) is 8.26. The molecule has 9 heteroatoms. The van der Waals surface area contributed by atoms with Gasteiger partial charge < -0.3 is 14.7 Å². The van der Waals surface area contributed by atoms with E-state index >= 15 is 0 Å². The van der Waals surface area contributed by atoms with Crippen molar-refractivity contribution in [3.63, 3.8) is 0 Å². The van der Waals surface area contributed by atoms with Crippen molar-refractivity contribution in [2.75, 3.05) is 5.90 Å². The maximum atomic E-state index is 11.3. The molecule has 0 heterocycles. The van der Waals surface area contributed by atoms with E-state index in [0.717, 1.165) is 38.5 Å². The second kappa shape index (κ2) is 6.43. The molecular weight excluding hydrogens is 268 g/mol. The SMILES string of the molecule is O=P(O)(O)CP(=O)(O)ONC1CCCCCC1. The van der Waals surface area contributed by atoms with Crippen LogP contribution in [0.25, 0.3) is 0 Å². The Bertz CT molecular complexity index is 322. The summed E-state index contributed by atoms with van der Waals surface area (Å²) in [6, 6.07) is -0.0188. The molecule has 7 nitrogen and oxygen atoms in total. The molecule has 0 aliphatic heterocycles. The quantitative estimate of drug-likeness (QED) is 0.344. The largest absolute Gasteiger partial charge is 0.356 e. The van der Waals surface area contributed by atoms with E-state index in [1.165, 1.54) is 0 Å². The van der Waals surface area contributed by atoms with Crippen molar-refractivity contribution in [2.24, 2.45) is 0 Å². The molecule has 0 aromatic rings. The Balaban J connectivity index is 2.37. The predicted molar refractivity (Wildman–Crippen MR) is 62.4 cm³/mol. The number of hydroxylamine groups is 1. The molecule has 1 aliphatic rings. The van der Waals surface area contributed by atoms with Crippen molar-refractivity contribution in [3.05, 3.63) is 0 Å². The van der Waals surface area contributed by atoms with Crippen LogP contribution in [0, 0.1) is 0 Å². The summed E-state index contributed by atoms with van der Waals surface area (Å²) in [5, 5.41) is 0. The number of hydrogen-bond acceptors (Lipinski definition) is 4. The predicted octanol–water partition coefficient (Wildman–Crippen LogP) is 1.55. The van der Waals surface area contributed by atoms with Gasteiger partial charge in [0.1, 0.15) is 0 Å². The minimum atomic E-state index is -4.54.